The molecule has 0 spiro atoms. The molecule has 25 heavy (non-hydrogen) atoms. The molecule has 136 valence electrons. The molecule has 1 aromatic heterocycles. The van der Waals surface area contributed by atoms with Gasteiger partial charge in [-0.25, -0.2) is 4.98 Å². The molecular formula is C21H30N2S2. The van der Waals surface area contributed by atoms with Crippen LogP contribution in [0.15, 0.2) is 43.0 Å². The minimum atomic E-state index is 0.341. The zero-order chi connectivity index (χ0) is 17.5. The largest absolute Gasteiger partial charge is 0.337 e. The first-order chi connectivity index (χ1) is 12.2. The Morgan fingerprint density at radius 2 is 2.00 bits per heavy atom. The van der Waals surface area contributed by atoms with Crippen LogP contribution in [0, 0.1) is 0 Å². The first-order valence-corrected chi connectivity index (χ1v) is 11.4. The predicted molar refractivity (Wildman–Crippen MR) is 112 cm³/mol. The second-order valence-corrected chi connectivity index (χ2v) is 10.4. The van der Waals surface area contributed by atoms with Crippen LogP contribution in [0.3, 0.4) is 0 Å². The number of aryl methyl sites for hydroxylation is 2. The topological polar surface area (TPSA) is 17.8 Å². The highest BCUT2D eigenvalue weighted by Crippen LogP contribution is 2.51. The summed E-state index contributed by atoms with van der Waals surface area (Å²) < 4.78 is 2.55. The Bertz CT molecular complexity index is 624. The molecule has 2 nitrogen and oxygen atoms in total. The summed E-state index contributed by atoms with van der Waals surface area (Å²) >= 11 is 4.47. The number of hydrogen-bond acceptors (Lipinski definition) is 3. The Balaban J connectivity index is 1.68. The first-order valence-electron chi connectivity index (χ1n) is 9.58. The minimum Gasteiger partial charge on any atom is -0.337 e. The molecule has 2 heterocycles. The lowest BCUT2D eigenvalue weighted by Crippen LogP contribution is -2.32. The Morgan fingerprint density at radius 3 is 2.68 bits per heavy atom. The Labute approximate surface area is 161 Å². The van der Waals surface area contributed by atoms with Gasteiger partial charge >= 0.3 is 0 Å². The van der Waals surface area contributed by atoms with Crippen LogP contribution < -0.4 is 0 Å². The number of hydrogen-bond donors (Lipinski definition) is 0. The van der Waals surface area contributed by atoms with Crippen LogP contribution >= 0.6 is 23.5 Å². The van der Waals surface area contributed by atoms with Gasteiger partial charge in [-0.1, -0.05) is 38.1 Å². The van der Waals surface area contributed by atoms with E-state index in [2.05, 4.69) is 77.4 Å². The van der Waals surface area contributed by atoms with Gasteiger partial charge in [-0.15, -0.1) is 23.5 Å². The van der Waals surface area contributed by atoms with Gasteiger partial charge in [0.25, 0.3) is 0 Å². The van der Waals surface area contributed by atoms with Gasteiger partial charge in [-0.05, 0) is 55.4 Å². The van der Waals surface area contributed by atoms with Crippen molar-refractivity contribution in [1.82, 2.24) is 9.55 Å². The van der Waals surface area contributed by atoms with Crippen molar-refractivity contribution in [2.45, 2.75) is 68.2 Å². The van der Waals surface area contributed by atoms with Crippen molar-refractivity contribution in [3.63, 3.8) is 0 Å². The number of aromatic nitrogens is 2. The summed E-state index contributed by atoms with van der Waals surface area (Å²) in [6, 6.07) is 9.33. The Morgan fingerprint density at radius 1 is 1.20 bits per heavy atom. The molecule has 2 aromatic rings. The normalized spacial score (nSPS) is 23.7. The number of imidazole rings is 1. The van der Waals surface area contributed by atoms with Crippen LogP contribution in [0.25, 0.3) is 0 Å². The first kappa shape index (κ1) is 18.9. The van der Waals surface area contributed by atoms with Crippen LogP contribution in [-0.2, 0) is 19.4 Å². The number of rotatable bonds is 8. The highest BCUT2D eigenvalue weighted by Gasteiger charge is 2.37. The Hall–Kier alpha value is -0.870. The fourth-order valence-electron chi connectivity index (χ4n) is 3.53. The minimum absolute atomic E-state index is 0.341. The third-order valence-corrected chi connectivity index (χ3v) is 8.72. The second-order valence-electron chi connectivity index (χ2n) is 6.95. The zero-order valence-corrected chi connectivity index (χ0v) is 17.1. The molecule has 1 saturated heterocycles. The Kier molecular flexibility index (Phi) is 6.94. The molecular weight excluding hydrogens is 344 g/mol. The molecule has 3 rings (SSSR count). The van der Waals surface area contributed by atoms with E-state index in [-0.39, 0.29) is 0 Å². The van der Waals surface area contributed by atoms with Crippen molar-refractivity contribution in [1.29, 1.82) is 0 Å². The van der Waals surface area contributed by atoms with Crippen LogP contribution in [0.1, 0.15) is 50.7 Å². The standard InChI is InChI=1S/C21H30N2S2/c1-3-18-6-8-19(9-7-18)16-21(24-15-10-20(4-2)25-21)11-5-13-23-14-12-22-17-23/h6-9,12,14,17,20H,3-5,10-11,13,15-16H2,1-2H3. The predicted octanol–water partition coefficient (Wildman–Crippen LogP) is 5.81. The summed E-state index contributed by atoms with van der Waals surface area (Å²) in [7, 11) is 0. The van der Waals surface area contributed by atoms with E-state index in [1.165, 1.54) is 49.0 Å². The number of nitrogens with zero attached hydrogens (tertiary/aromatic N) is 2. The van der Waals surface area contributed by atoms with Crippen molar-refractivity contribution < 1.29 is 0 Å². The molecule has 2 unspecified atom stereocenters. The molecule has 1 fully saturated rings. The molecule has 2 atom stereocenters. The van der Waals surface area contributed by atoms with E-state index in [0.29, 0.717) is 4.08 Å². The smallest absolute Gasteiger partial charge is 0.0945 e. The summed E-state index contributed by atoms with van der Waals surface area (Å²) in [6.07, 6.45) is 13.4. The van der Waals surface area contributed by atoms with Crippen LogP contribution in [0.4, 0.5) is 0 Å². The van der Waals surface area contributed by atoms with E-state index in [9.17, 15) is 0 Å². The number of thioether (sulfide) groups is 2. The van der Waals surface area contributed by atoms with Crippen LogP contribution in [0.2, 0.25) is 0 Å². The van der Waals surface area contributed by atoms with Gasteiger partial charge in [-0.2, -0.15) is 0 Å². The molecule has 0 aliphatic carbocycles. The van der Waals surface area contributed by atoms with Gasteiger partial charge in [0.1, 0.15) is 0 Å². The summed E-state index contributed by atoms with van der Waals surface area (Å²) in [5.41, 5.74) is 2.94. The van der Waals surface area contributed by atoms with Crippen molar-refractivity contribution in [2.24, 2.45) is 0 Å². The lowest BCUT2D eigenvalue weighted by molar-refractivity contribution is 0.571. The summed E-state index contributed by atoms with van der Waals surface area (Å²) in [5, 5.41) is 0.824. The quantitative estimate of drug-likeness (QED) is 0.580. The fourth-order valence-corrected chi connectivity index (χ4v) is 7.46. The van der Waals surface area contributed by atoms with E-state index in [4.69, 9.17) is 0 Å². The third kappa shape index (κ3) is 5.30. The maximum Gasteiger partial charge on any atom is 0.0945 e. The number of benzene rings is 1. The maximum absolute atomic E-state index is 4.17. The molecule has 0 amide bonds. The highest BCUT2D eigenvalue weighted by molar-refractivity contribution is 8.19. The SMILES string of the molecule is CCc1ccc(CC2(CCCn3ccnc3)SCCC(CC)S2)cc1. The van der Waals surface area contributed by atoms with Crippen LogP contribution in [-0.4, -0.2) is 24.6 Å². The molecule has 1 aromatic carbocycles. The molecule has 1 aliphatic heterocycles. The molecule has 0 radical (unpaired) electrons. The molecule has 0 bridgehead atoms. The molecule has 1 aliphatic rings. The van der Waals surface area contributed by atoms with Crippen molar-refractivity contribution in [3.05, 3.63) is 54.1 Å². The maximum atomic E-state index is 4.17. The van der Waals surface area contributed by atoms with Gasteiger partial charge in [0.15, 0.2) is 0 Å². The van der Waals surface area contributed by atoms with Gasteiger partial charge < -0.3 is 4.57 Å². The molecule has 0 saturated carbocycles. The summed E-state index contributed by atoms with van der Waals surface area (Å²) in [6.45, 7) is 5.65. The third-order valence-electron chi connectivity index (χ3n) is 5.08. The lowest BCUT2D eigenvalue weighted by atomic mass is 10.0. The van der Waals surface area contributed by atoms with E-state index in [0.717, 1.165) is 18.2 Å². The molecule has 4 heteroatoms. The summed E-state index contributed by atoms with van der Waals surface area (Å²) in [5.74, 6) is 1.31. The zero-order valence-electron chi connectivity index (χ0n) is 15.5. The van der Waals surface area contributed by atoms with E-state index in [1.54, 1.807) is 0 Å². The average Bonchev–Trinajstić information content (AvgIpc) is 3.16. The monoisotopic (exact) mass is 374 g/mol. The van der Waals surface area contributed by atoms with E-state index in [1.807, 2.05) is 12.5 Å². The lowest BCUT2D eigenvalue weighted by Gasteiger charge is -2.40. The van der Waals surface area contributed by atoms with Crippen molar-refractivity contribution in [3.8, 4) is 0 Å². The van der Waals surface area contributed by atoms with E-state index < -0.39 is 0 Å². The average molecular weight is 375 g/mol. The van der Waals surface area contributed by atoms with Crippen molar-refractivity contribution >= 4 is 23.5 Å². The van der Waals surface area contributed by atoms with Gasteiger partial charge in [0.2, 0.25) is 0 Å². The van der Waals surface area contributed by atoms with Crippen molar-refractivity contribution in [2.75, 3.05) is 5.75 Å². The van der Waals surface area contributed by atoms with Crippen LogP contribution in [0.5, 0.6) is 0 Å². The van der Waals surface area contributed by atoms with Gasteiger partial charge in [-0.3, -0.25) is 0 Å². The van der Waals surface area contributed by atoms with Gasteiger partial charge in [0, 0.05) is 24.2 Å². The second kappa shape index (κ2) is 9.18. The molecule has 0 N–H and O–H groups in total. The highest BCUT2D eigenvalue weighted by atomic mass is 32.2. The van der Waals surface area contributed by atoms with Gasteiger partial charge in [0.05, 0.1) is 10.4 Å². The fraction of sp³-hybridized carbons (Fsp3) is 0.571. The van der Waals surface area contributed by atoms with E-state index >= 15 is 0 Å². The summed E-state index contributed by atoms with van der Waals surface area (Å²) in [4.78, 5) is 4.17.